The van der Waals surface area contributed by atoms with Gasteiger partial charge < -0.3 is 9.47 Å². The molecule has 0 saturated carbocycles. The van der Waals surface area contributed by atoms with E-state index >= 15 is 0 Å². The molecule has 3 aliphatic rings. The summed E-state index contributed by atoms with van der Waals surface area (Å²) < 4.78 is 12.4. The Kier molecular flexibility index (Phi) is 2.14. The zero-order chi connectivity index (χ0) is 15.7. The molecule has 0 radical (unpaired) electrons. The third-order valence-corrected chi connectivity index (χ3v) is 4.87. The molecule has 0 amide bonds. The van der Waals surface area contributed by atoms with Crippen molar-refractivity contribution in [3.05, 3.63) is 60.7 Å². The fourth-order valence-electron chi connectivity index (χ4n) is 3.73. The summed E-state index contributed by atoms with van der Waals surface area (Å²) in [5, 5.41) is 1.90. The van der Waals surface area contributed by atoms with E-state index in [1.54, 1.807) is 12.2 Å². The van der Waals surface area contributed by atoms with Gasteiger partial charge in [-0.3, -0.25) is 9.59 Å². The number of hydrogen-bond donors (Lipinski definition) is 0. The largest absolute Gasteiger partial charge is 0.447 e. The van der Waals surface area contributed by atoms with Gasteiger partial charge in [0, 0.05) is 12.5 Å². The average Bonchev–Trinajstić information content (AvgIpc) is 3.06. The van der Waals surface area contributed by atoms with Crippen molar-refractivity contribution in [2.24, 2.45) is 5.41 Å². The van der Waals surface area contributed by atoms with E-state index in [-0.39, 0.29) is 18.0 Å². The van der Waals surface area contributed by atoms with Crippen LogP contribution < -0.4 is 9.47 Å². The monoisotopic (exact) mass is 304 g/mol. The first-order valence-corrected chi connectivity index (χ1v) is 7.49. The van der Waals surface area contributed by atoms with Crippen LogP contribution in [0.2, 0.25) is 0 Å². The molecular weight excluding hydrogens is 292 g/mol. The SMILES string of the molecule is O=C1C=CC2(C1)C(=O)C=CC21Oc2cccc3cccc(c23)O1. The van der Waals surface area contributed by atoms with E-state index in [1.807, 2.05) is 36.4 Å². The van der Waals surface area contributed by atoms with Crippen LogP contribution in [0.4, 0.5) is 0 Å². The van der Waals surface area contributed by atoms with E-state index in [2.05, 4.69) is 0 Å². The van der Waals surface area contributed by atoms with Crippen LogP contribution in [-0.4, -0.2) is 17.4 Å². The van der Waals surface area contributed by atoms with Crippen molar-refractivity contribution in [3.63, 3.8) is 0 Å². The number of benzene rings is 2. The van der Waals surface area contributed by atoms with E-state index in [0.717, 1.165) is 10.8 Å². The second kappa shape index (κ2) is 3.90. The molecule has 0 aromatic heterocycles. The molecule has 2 aliphatic carbocycles. The Balaban J connectivity index is 1.75. The minimum absolute atomic E-state index is 0.0664. The van der Waals surface area contributed by atoms with Gasteiger partial charge in [-0.05, 0) is 29.7 Å². The summed E-state index contributed by atoms with van der Waals surface area (Å²) in [5.74, 6) is -0.224. The lowest BCUT2D eigenvalue weighted by Gasteiger charge is -2.42. The van der Waals surface area contributed by atoms with Crippen molar-refractivity contribution in [1.82, 2.24) is 0 Å². The summed E-state index contributed by atoms with van der Waals surface area (Å²) in [7, 11) is 0. The molecule has 0 saturated heterocycles. The van der Waals surface area contributed by atoms with Gasteiger partial charge in [-0.2, -0.15) is 0 Å². The number of hydrogen-bond acceptors (Lipinski definition) is 4. The van der Waals surface area contributed by atoms with Gasteiger partial charge in [0.1, 0.15) is 16.9 Å². The molecule has 0 bridgehead atoms. The lowest BCUT2D eigenvalue weighted by atomic mass is 9.78. The molecule has 4 heteroatoms. The molecule has 4 nitrogen and oxygen atoms in total. The number of rotatable bonds is 0. The Bertz CT molecular complexity index is 912. The van der Waals surface area contributed by atoms with Crippen molar-refractivity contribution in [2.75, 3.05) is 0 Å². The number of ether oxygens (including phenoxy) is 2. The van der Waals surface area contributed by atoms with Gasteiger partial charge in [0.25, 0.3) is 5.79 Å². The molecule has 0 fully saturated rings. The minimum atomic E-state index is -1.30. The molecule has 1 heterocycles. The van der Waals surface area contributed by atoms with Crippen LogP contribution in [0.1, 0.15) is 6.42 Å². The first-order valence-electron chi connectivity index (χ1n) is 7.49. The van der Waals surface area contributed by atoms with Crippen LogP contribution in [0.25, 0.3) is 10.8 Å². The van der Waals surface area contributed by atoms with Crippen LogP contribution in [0.5, 0.6) is 11.5 Å². The predicted octanol–water partition coefficient (Wildman–Crippen LogP) is 2.96. The van der Waals surface area contributed by atoms with Gasteiger partial charge >= 0.3 is 0 Å². The predicted molar refractivity (Wildman–Crippen MR) is 83.3 cm³/mol. The molecule has 5 rings (SSSR count). The first kappa shape index (κ1) is 12.6. The second-order valence-corrected chi connectivity index (χ2v) is 6.13. The van der Waals surface area contributed by atoms with Gasteiger partial charge in [-0.15, -0.1) is 0 Å². The summed E-state index contributed by atoms with van der Waals surface area (Å²) in [6, 6.07) is 11.5. The normalized spacial score (nSPS) is 26.3. The fraction of sp³-hybridized carbons (Fsp3) is 0.158. The fourth-order valence-corrected chi connectivity index (χ4v) is 3.73. The summed E-state index contributed by atoms with van der Waals surface area (Å²) in [5.41, 5.74) is -1.11. The Labute approximate surface area is 132 Å². The van der Waals surface area contributed by atoms with Crippen LogP contribution in [0.3, 0.4) is 0 Å². The van der Waals surface area contributed by atoms with E-state index in [9.17, 15) is 9.59 Å². The smallest absolute Gasteiger partial charge is 0.288 e. The highest BCUT2D eigenvalue weighted by molar-refractivity contribution is 6.08. The van der Waals surface area contributed by atoms with Gasteiger partial charge in [-0.25, -0.2) is 0 Å². The van der Waals surface area contributed by atoms with E-state index in [1.165, 1.54) is 12.2 Å². The van der Waals surface area contributed by atoms with Crippen LogP contribution in [0, 0.1) is 5.41 Å². The average molecular weight is 304 g/mol. The van der Waals surface area contributed by atoms with E-state index < -0.39 is 11.2 Å². The molecule has 1 atom stereocenters. The molecule has 2 aromatic rings. The highest BCUT2D eigenvalue weighted by Crippen LogP contribution is 2.54. The Morgan fingerprint density at radius 3 is 2.17 bits per heavy atom. The number of allylic oxidation sites excluding steroid dienone is 2. The number of ketones is 2. The van der Waals surface area contributed by atoms with Gasteiger partial charge in [-0.1, -0.05) is 30.3 Å². The minimum Gasteiger partial charge on any atom is -0.447 e. The quantitative estimate of drug-likeness (QED) is 0.751. The Morgan fingerprint density at radius 2 is 1.57 bits per heavy atom. The summed E-state index contributed by atoms with van der Waals surface area (Å²) >= 11 is 0. The Hall–Kier alpha value is -2.88. The van der Waals surface area contributed by atoms with Crippen molar-refractivity contribution < 1.29 is 19.1 Å². The van der Waals surface area contributed by atoms with Crippen molar-refractivity contribution in [2.45, 2.75) is 12.2 Å². The molecule has 112 valence electrons. The molecule has 1 unspecified atom stereocenters. The van der Waals surface area contributed by atoms with Gasteiger partial charge in [0.05, 0.1) is 5.39 Å². The number of fused-ring (bicyclic) bond motifs is 1. The van der Waals surface area contributed by atoms with Crippen molar-refractivity contribution >= 4 is 22.3 Å². The topological polar surface area (TPSA) is 52.6 Å². The summed E-state index contributed by atoms with van der Waals surface area (Å²) in [6.07, 6.45) is 6.23. The molecule has 2 spiro atoms. The number of carbonyl (C=O) groups excluding carboxylic acids is 2. The van der Waals surface area contributed by atoms with E-state index in [0.29, 0.717) is 11.5 Å². The van der Waals surface area contributed by atoms with Crippen molar-refractivity contribution in [3.8, 4) is 11.5 Å². The lowest BCUT2D eigenvalue weighted by molar-refractivity contribution is -0.161. The lowest BCUT2D eigenvalue weighted by Crippen LogP contribution is -2.55. The zero-order valence-corrected chi connectivity index (χ0v) is 12.1. The Morgan fingerprint density at radius 1 is 0.870 bits per heavy atom. The maximum Gasteiger partial charge on any atom is 0.288 e. The molecule has 0 N–H and O–H groups in total. The second-order valence-electron chi connectivity index (χ2n) is 6.13. The molecule has 2 aromatic carbocycles. The van der Waals surface area contributed by atoms with Gasteiger partial charge in [0.15, 0.2) is 11.6 Å². The third kappa shape index (κ3) is 1.41. The standard InChI is InChI=1S/C19H12O4/c20-13-7-9-18(11-13)16(21)8-10-19(18)22-14-5-1-3-12-4-2-6-15(23-19)17(12)14/h1-10H,11H2. The highest BCUT2D eigenvalue weighted by atomic mass is 16.7. The maximum absolute atomic E-state index is 12.5. The summed E-state index contributed by atoms with van der Waals surface area (Å²) in [4.78, 5) is 24.4. The maximum atomic E-state index is 12.5. The van der Waals surface area contributed by atoms with Crippen LogP contribution in [0.15, 0.2) is 60.7 Å². The van der Waals surface area contributed by atoms with E-state index in [4.69, 9.17) is 9.47 Å². The first-order chi connectivity index (χ1) is 11.1. The van der Waals surface area contributed by atoms with Gasteiger partial charge in [0.2, 0.25) is 0 Å². The van der Waals surface area contributed by atoms with Crippen LogP contribution in [-0.2, 0) is 9.59 Å². The summed E-state index contributed by atoms with van der Waals surface area (Å²) in [6.45, 7) is 0. The number of carbonyl (C=O) groups is 2. The van der Waals surface area contributed by atoms with Crippen LogP contribution >= 0.6 is 0 Å². The van der Waals surface area contributed by atoms with Crippen molar-refractivity contribution in [1.29, 1.82) is 0 Å². The molecule has 1 aliphatic heterocycles. The third-order valence-electron chi connectivity index (χ3n) is 4.87. The molecular formula is C19H12O4. The highest BCUT2D eigenvalue weighted by Gasteiger charge is 2.64. The molecule has 23 heavy (non-hydrogen) atoms. The zero-order valence-electron chi connectivity index (χ0n) is 12.1.